The first kappa shape index (κ1) is 15.7. The standard InChI is InChI=1S/C11H14BrCl2N3O/c1-11(15,5-4-9(13)14)10(18)17-7-2-3-8(12)16-6-7/h2-3,6,9H,4-5,15H2,1H3,(H,17,18)/t11-/m0/s1. The third-order valence-corrected chi connectivity index (χ3v) is 3.29. The second kappa shape index (κ2) is 6.70. The van der Waals surface area contributed by atoms with Crippen LogP contribution in [0.5, 0.6) is 0 Å². The second-order valence-electron chi connectivity index (χ2n) is 4.17. The molecule has 7 heteroatoms. The van der Waals surface area contributed by atoms with Crippen molar-refractivity contribution in [2.45, 2.75) is 30.1 Å². The molecular formula is C11H14BrCl2N3O. The smallest absolute Gasteiger partial charge is 0.244 e. The van der Waals surface area contributed by atoms with Crippen LogP contribution in [0.25, 0.3) is 0 Å². The van der Waals surface area contributed by atoms with Crippen LogP contribution in [-0.2, 0) is 4.79 Å². The van der Waals surface area contributed by atoms with E-state index < -0.39 is 10.4 Å². The Bertz CT molecular complexity index is 409. The Labute approximate surface area is 124 Å². The van der Waals surface area contributed by atoms with Gasteiger partial charge < -0.3 is 11.1 Å². The Kier molecular flexibility index (Phi) is 5.85. The summed E-state index contributed by atoms with van der Waals surface area (Å²) >= 11 is 14.5. The van der Waals surface area contributed by atoms with Gasteiger partial charge in [0, 0.05) is 0 Å². The van der Waals surface area contributed by atoms with E-state index >= 15 is 0 Å². The first-order chi connectivity index (χ1) is 8.31. The molecule has 0 spiro atoms. The molecule has 1 heterocycles. The van der Waals surface area contributed by atoms with Crippen LogP contribution in [0.3, 0.4) is 0 Å². The SMILES string of the molecule is C[C@](N)(CCC(Cl)Cl)C(=O)Nc1ccc(Br)nc1. The van der Waals surface area contributed by atoms with Crippen molar-refractivity contribution in [1.82, 2.24) is 4.98 Å². The van der Waals surface area contributed by atoms with Gasteiger partial charge in [0.15, 0.2) is 0 Å². The molecule has 1 amide bonds. The first-order valence-corrected chi connectivity index (χ1v) is 6.98. The summed E-state index contributed by atoms with van der Waals surface area (Å²) in [5, 5.41) is 2.70. The number of hydrogen-bond acceptors (Lipinski definition) is 3. The third kappa shape index (κ3) is 5.10. The van der Waals surface area contributed by atoms with E-state index in [0.717, 1.165) is 0 Å². The lowest BCUT2D eigenvalue weighted by atomic mass is 9.96. The summed E-state index contributed by atoms with van der Waals surface area (Å²) in [7, 11) is 0. The number of aromatic nitrogens is 1. The van der Waals surface area contributed by atoms with Gasteiger partial charge >= 0.3 is 0 Å². The number of nitrogens with two attached hydrogens (primary N) is 1. The van der Waals surface area contributed by atoms with Gasteiger partial charge in [-0.25, -0.2) is 4.98 Å². The number of carbonyl (C=O) groups excluding carboxylic acids is 1. The number of hydrogen-bond donors (Lipinski definition) is 2. The van der Waals surface area contributed by atoms with Gasteiger partial charge in [-0.1, -0.05) is 0 Å². The number of nitrogens with one attached hydrogen (secondary N) is 1. The highest BCUT2D eigenvalue weighted by molar-refractivity contribution is 9.10. The van der Waals surface area contributed by atoms with E-state index in [9.17, 15) is 4.79 Å². The van der Waals surface area contributed by atoms with Crippen LogP contribution in [0, 0.1) is 0 Å². The van der Waals surface area contributed by atoms with Gasteiger partial charge in [-0.15, -0.1) is 23.2 Å². The number of pyridine rings is 1. The zero-order chi connectivity index (χ0) is 13.8. The fourth-order valence-corrected chi connectivity index (χ4v) is 1.70. The first-order valence-electron chi connectivity index (χ1n) is 5.31. The van der Waals surface area contributed by atoms with Crippen molar-refractivity contribution in [3.63, 3.8) is 0 Å². The highest BCUT2D eigenvalue weighted by Crippen LogP contribution is 2.19. The van der Waals surface area contributed by atoms with Crippen LogP contribution >= 0.6 is 39.1 Å². The van der Waals surface area contributed by atoms with E-state index in [1.807, 2.05) is 0 Å². The molecule has 1 aromatic rings. The van der Waals surface area contributed by atoms with Gasteiger partial charge in [0.25, 0.3) is 0 Å². The Morgan fingerprint density at radius 2 is 2.28 bits per heavy atom. The minimum Gasteiger partial charge on any atom is -0.323 e. The van der Waals surface area contributed by atoms with Crippen LogP contribution in [0.1, 0.15) is 19.8 Å². The number of amides is 1. The second-order valence-corrected chi connectivity index (χ2v) is 6.26. The van der Waals surface area contributed by atoms with E-state index in [2.05, 4.69) is 26.2 Å². The van der Waals surface area contributed by atoms with Crippen LogP contribution < -0.4 is 11.1 Å². The summed E-state index contributed by atoms with van der Waals surface area (Å²) in [6.07, 6.45) is 2.41. The molecule has 3 N–H and O–H groups in total. The van der Waals surface area contributed by atoms with Crippen molar-refractivity contribution in [2.75, 3.05) is 5.32 Å². The van der Waals surface area contributed by atoms with Crippen molar-refractivity contribution >= 4 is 50.7 Å². The molecule has 0 saturated carbocycles. The minimum absolute atomic E-state index is 0.291. The monoisotopic (exact) mass is 353 g/mol. The summed E-state index contributed by atoms with van der Waals surface area (Å²) in [5.74, 6) is -0.291. The zero-order valence-electron chi connectivity index (χ0n) is 9.79. The molecule has 4 nitrogen and oxygen atoms in total. The van der Waals surface area contributed by atoms with E-state index in [1.165, 1.54) is 0 Å². The molecule has 0 aliphatic rings. The molecule has 1 atom stereocenters. The Morgan fingerprint density at radius 3 is 2.78 bits per heavy atom. The minimum atomic E-state index is -1.02. The highest BCUT2D eigenvalue weighted by Gasteiger charge is 2.28. The summed E-state index contributed by atoms with van der Waals surface area (Å²) in [4.78, 5) is 15.5. The van der Waals surface area contributed by atoms with E-state index in [4.69, 9.17) is 28.9 Å². The topological polar surface area (TPSA) is 68.0 Å². The summed E-state index contributed by atoms with van der Waals surface area (Å²) in [6, 6.07) is 3.47. The number of halogens is 3. The highest BCUT2D eigenvalue weighted by atomic mass is 79.9. The molecule has 0 radical (unpaired) electrons. The van der Waals surface area contributed by atoms with Crippen LogP contribution in [0.15, 0.2) is 22.9 Å². The van der Waals surface area contributed by atoms with Crippen molar-refractivity contribution in [3.05, 3.63) is 22.9 Å². The Balaban J connectivity index is 2.60. The number of anilines is 1. The zero-order valence-corrected chi connectivity index (χ0v) is 12.9. The van der Waals surface area contributed by atoms with Crippen molar-refractivity contribution in [1.29, 1.82) is 0 Å². The van der Waals surface area contributed by atoms with Gasteiger partial charge in [-0.2, -0.15) is 0 Å². The predicted molar refractivity (Wildman–Crippen MR) is 77.9 cm³/mol. The number of nitrogens with zero attached hydrogens (tertiary/aromatic N) is 1. The summed E-state index contributed by atoms with van der Waals surface area (Å²) in [5.41, 5.74) is 5.50. The van der Waals surface area contributed by atoms with Gasteiger partial charge in [0.2, 0.25) is 5.91 Å². The van der Waals surface area contributed by atoms with Crippen molar-refractivity contribution < 1.29 is 4.79 Å². The maximum absolute atomic E-state index is 12.0. The lowest BCUT2D eigenvalue weighted by Crippen LogP contribution is -2.48. The number of alkyl halides is 2. The van der Waals surface area contributed by atoms with E-state index in [-0.39, 0.29) is 5.91 Å². The maximum atomic E-state index is 12.0. The van der Waals surface area contributed by atoms with Crippen LogP contribution in [-0.4, -0.2) is 21.3 Å². The Morgan fingerprint density at radius 1 is 1.61 bits per heavy atom. The molecule has 100 valence electrons. The normalized spacial score (nSPS) is 14.3. The van der Waals surface area contributed by atoms with Gasteiger partial charge in [0.1, 0.15) is 9.44 Å². The quantitative estimate of drug-likeness (QED) is 0.630. The lowest BCUT2D eigenvalue weighted by Gasteiger charge is -2.23. The fraction of sp³-hybridized carbons (Fsp3) is 0.455. The molecular weight excluding hydrogens is 341 g/mol. The van der Waals surface area contributed by atoms with Crippen LogP contribution in [0.4, 0.5) is 5.69 Å². The van der Waals surface area contributed by atoms with Crippen molar-refractivity contribution in [2.24, 2.45) is 5.73 Å². The molecule has 0 saturated heterocycles. The predicted octanol–water partition coefficient (Wildman–Crippen LogP) is 3.08. The largest absolute Gasteiger partial charge is 0.323 e. The average Bonchev–Trinajstić information content (AvgIpc) is 2.29. The van der Waals surface area contributed by atoms with Crippen molar-refractivity contribution in [3.8, 4) is 0 Å². The molecule has 0 aromatic carbocycles. The molecule has 0 bridgehead atoms. The Hall–Kier alpha value is -0.360. The molecule has 0 unspecified atom stereocenters. The molecule has 1 aromatic heterocycles. The molecule has 0 aliphatic heterocycles. The molecule has 0 aliphatic carbocycles. The maximum Gasteiger partial charge on any atom is 0.244 e. The van der Waals surface area contributed by atoms with Gasteiger partial charge in [0.05, 0.1) is 17.4 Å². The number of carbonyl (C=O) groups is 1. The fourth-order valence-electron chi connectivity index (χ4n) is 1.25. The van der Waals surface area contributed by atoms with Crippen LogP contribution in [0.2, 0.25) is 0 Å². The number of rotatable bonds is 5. The molecule has 0 fully saturated rings. The van der Waals surface area contributed by atoms with Gasteiger partial charge in [-0.3, -0.25) is 4.79 Å². The van der Waals surface area contributed by atoms with E-state index in [1.54, 1.807) is 25.3 Å². The molecule has 1 rings (SSSR count). The molecule has 18 heavy (non-hydrogen) atoms. The third-order valence-electron chi connectivity index (χ3n) is 2.39. The average molecular weight is 355 g/mol. The van der Waals surface area contributed by atoms with Gasteiger partial charge in [-0.05, 0) is 47.8 Å². The van der Waals surface area contributed by atoms with E-state index in [0.29, 0.717) is 23.1 Å². The lowest BCUT2D eigenvalue weighted by molar-refractivity contribution is -0.120. The summed E-state index contributed by atoms with van der Waals surface area (Å²) < 4.78 is 0.697. The summed E-state index contributed by atoms with van der Waals surface area (Å²) in [6.45, 7) is 1.64.